The second kappa shape index (κ2) is 6.75. The van der Waals surface area contributed by atoms with Crippen LogP contribution >= 0.6 is 0 Å². The van der Waals surface area contributed by atoms with E-state index in [0.717, 1.165) is 24.4 Å². The van der Waals surface area contributed by atoms with Crippen LogP contribution in [0.2, 0.25) is 0 Å². The monoisotopic (exact) mass is 238 g/mol. The largest absolute Gasteiger partial charge is 0.330 e. The van der Waals surface area contributed by atoms with Crippen LogP contribution in [0.15, 0.2) is 0 Å². The summed E-state index contributed by atoms with van der Waals surface area (Å²) in [6.07, 6.45) is 11.4. The number of hydrogen-bond donors (Lipinski definition) is 1. The Kier molecular flexibility index (Phi) is 5.30. The third-order valence-electron chi connectivity index (χ3n) is 4.88. The highest BCUT2D eigenvalue weighted by Gasteiger charge is 2.33. The zero-order chi connectivity index (χ0) is 12.1. The van der Waals surface area contributed by atoms with Crippen molar-refractivity contribution in [3.8, 4) is 0 Å². The van der Waals surface area contributed by atoms with Gasteiger partial charge >= 0.3 is 0 Å². The lowest BCUT2D eigenvalue weighted by atomic mass is 9.94. The molecule has 0 radical (unpaired) electrons. The average Bonchev–Trinajstić information content (AvgIpc) is 2.98. The number of nitrogens with zero attached hydrogens (tertiary/aromatic N) is 1. The molecule has 0 bridgehead atoms. The molecule has 1 heterocycles. The van der Waals surface area contributed by atoms with Gasteiger partial charge in [0.25, 0.3) is 0 Å². The van der Waals surface area contributed by atoms with Gasteiger partial charge in [-0.25, -0.2) is 0 Å². The Labute approximate surface area is 107 Å². The van der Waals surface area contributed by atoms with E-state index in [2.05, 4.69) is 11.8 Å². The summed E-state index contributed by atoms with van der Waals surface area (Å²) in [5.74, 6) is 1.75. The smallest absolute Gasteiger partial charge is 0.0124 e. The zero-order valence-corrected chi connectivity index (χ0v) is 11.5. The normalized spacial score (nSPS) is 28.9. The highest BCUT2D eigenvalue weighted by molar-refractivity contribution is 4.88. The van der Waals surface area contributed by atoms with Gasteiger partial charge in [0.1, 0.15) is 0 Å². The van der Waals surface area contributed by atoms with E-state index < -0.39 is 0 Å². The van der Waals surface area contributed by atoms with E-state index in [1.165, 1.54) is 64.5 Å². The van der Waals surface area contributed by atoms with Crippen molar-refractivity contribution in [2.75, 3.05) is 19.6 Å². The van der Waals surface area contributed by atoms with E-state index in [1.54, 1.807) is 0 Å². The standard InChI is InChI=1S/C15H30N2/c1-2-6-13(11-16)12-17-10-5-9-15(17)14-7-3-4-8-14/h13-15H,2-12,16H2,1H3. The van der Waals surface area contributed by atoms with Gasteiger partial charge in [0.15, 0.2) is 0 Å². The van der Waals surface area contributed by atoms with Crippen LogP contribution in [0, 0.1) is 11.8 Å². The molecule has 17 heavy (non-hydrogen) atoms. The first-order valence-corrected chi connectivity index (χ1v) is 7.79. The second-order valence-electron chi connectivity index (χ2n) is 6.14. The Bertz CT molecular complexity index is 211. The van der Waals surface area contributed by atoms with Crippen LogP contribution in [0.4, 0.5) is 0 Å². The van der Waals surface area contributed by atoms with E-state index in [0.29, 0.717) is 0 Å². The van der Waals surface area contributed by atoms with Crippen LogP contribution in [0.25, 0.3) is 0 Å². The topological polar surface area (TPSA) is 29.3 Å². The fourth-order valence-electron chi connectivity index (χ4n) is 3.98. The molecular formula is C15H30N2. The predicted molar refractivity (Wildman–Crippen MR) is 74.0 cm³/mol. The summed E-state index contributed by atoms with van der Waals surface area (Å²) >= 11 is 0. The van der Waals surface area contributed by atoms with Crippen molar-refractivity contribution in [3.63, 3.8) is 0 Å². The molecule has 0 spiro atoms. The molecule has 2 rings (SSSR count). The number of rotatable bonds is 6. The summed E-state index contributed by atoms with van der Waals surface area (Å²) in [6.45, 7) is 5.76. The average molecular weight is 238 g/mol. The van der Waals surface area contributed by atoms with Crippen LogP contribution in [-0.4, -0.2) is 30.6 Å². The van der Waals surface area contributed by atoms with Crippen molar-refractivity contribution in [1.82, 2.24) is 4.90 Å². The first-order chi connectivity index (χ1) is 8.35. The van der Waals surface area contributed by atoms with Crippen molar-refractivity contribution in [2.24, 2.45) is 17.6 Å². The molecule has 2 nitrogen and oxygen atoms in total. The summed E-state index contributed by atoms with van der Waals surface area (Å²) in [5.41, 5.74) is 5.91. The maximum Gasteiger partial charge on any atom is 0.0124 e. The molecule has 100 valence electrons. The van der Waals surface area contributed by atoms with Gasteiger partial charge in [0, 0.05) is 12.6 Å². The molecule has 1 aliphatic carbocycles. The molecule has 2 unspecified atom stereocenters. The van der Waals surface area contributed by atoms with Crippen molar-refractivity contribution in [2.45, 2.75) is 64.3 Å². The van der Waals surface area contributed by atoms with Gasteiger partial charge in [0.05, 0.1) is 0 Å². The number of nitrogens with two attached hydrogens (primary N) is 1. The van der Waals surface area contributed by atoms with Gasteiger partial charge in [-0.3, -0.25) is 4.90 Å². The summed E-state index contributed by atoms with van der Waals surface area (Å²) < 4.78 is 0. The Hall–Kier alpha value is -0.0800. The molecule has 2 heteroatoms. The van der Waals surface area contributed by atoms with Gasteiger partial charge in [0.2, 0.25) is 0 Å². The molecule has 2 N–H and O–H groups in total. The van der Waals surface area contributed by atoms with Crippen molar-refractivity contribution in [3.05, 3.63) is 0 Å². The minimum atomic E-state index is 0.738. The predicted octanol–water partition coefficient (Wildman–Crippen LogP) is 3.02. The van der Waals surface area contributed by atoms with Gasteiger partial charge < -0.3 is 5.73 Å². The maximum atomic E-state index is 5.91. The van der Waals surface area contributed by atoms with E-state index in [1.807, 2.05) is 0 Å². The molecule has 2 fully saturated rings. The lowest BCUT2D eigenvalue weighted by molar-refractivity contribution is 0.162. The lowest BCUT2D eigenvalue weighted by Crippen LogP contribution is -2.39. The molecule has 0 aromatic carbocycles. The highest BCUT2D eigenvalue weighted by atomic mass is 15.2. The van der Waals surface area contributed by atoms with Crippen molar-refractivity contribution >= 4 is 0 Å². The molecule has 1 saturated carbocycles. The van der Waals surface area contributed by atoms with Gasteiger partial charge in [-0.1, -0.05) is 26.2 Å². The van der Waals surface area contributed by atoms with Crippen molar-refractivity contribution in [1.29, 1.82) is 0 Å². The van der Waals surface area contributed by atoms with Gasteiger partial charge in [-0.05, 0) is 57.0 Å². The molecule has 0 aromatic heterocycles. The van der Waals surface area contributed by atoms with E-state index >= 15 is 0 Å². The summed E-state index contributed by atoms with van der Waals surface area (Å²) in [5, 5.41) is 0. The van der Waals surface area contributed by atoms with E-state index in [4.69, 9.17) is 5.73 Å². The SMILES string of the molecule is CCCC(CN)CN1CCCC1C1CCCC1. The summed E-state index contributed by atoms with van der Waals surface area (Å²) in [4.78, 5) is 2.78. The van der Waals surface area contributed by atoms with Crippen LogP contribution in [0.1, 0.15) is 58.3 Å². The molecule has 1 aliphatic heterocycles. The quantitative estimate of drug-likeness (QED) is 0.771. The third kappa shape index (κ3) is 3.45. The minimum absolute atomic E-state index is 0.738. The lowest BCUT2D eigenvalue weighted by Gasteiger charge is -2.32. The second-order valence-corrected chi connectivity index (χ2v) is 6.14. The molecule has 2 aliphatic rings. The van der Waals surface area contributed by atoms with Gasteiger partial charge in [-0.2, -0.15) is 0 Å². The van der Waals surface area contributed by atoms with E-state index in [-0.39, 0.29) is 0 Å². The first kappa shape index (κ1) is 13.4. The molecule has 2 atom stereocenters. The molecular weight excluding hydrogens is 208 g/mol. The molecule has 0 amide bonds. The molecule has 0 aromatic rings. The van der Waals surface area contributed by atoms with Crippen molar-refractivity contribution < 1.29 is 0 Å². The Morgan fingerprint density at radius 3 is 2.59 bits per heavy atom. The zero-order valence-electron chi connectivity index (χ0n) is 11.5. The highest BCUT2D eigenvalue weighted by Crippen LogP contribution is 2.35. The fraction of sp³-hybridized carbons (Fsp3) is 1.00. The van der Waals surface area contributed by atoms with Crippen LogP contribution in [-0.2, 0) is 0 Å². The number of likely N-dealkylation sites (tertiary alicyclic amines) is 1. The minimum Gasteiger partial charge on any atom is -0.330 e. The Balaban J connectivity index is 1.85. The van der Waals surface area contributed by atoms with E-state index in [9.17, 15) is 0 Å². The summed E-state index contributed by atoms with van der Waals surface area (Å²) in [6, 6.07) is 0.906. The maximum absolute atomic E-state index is 5.91. The van der Waals surface area contributed by atoms with Crippen LogP contribution in [0.3, 0.4) is 0 Å². The Morgan fingerprint density at radius 1 is 1.18 bits per heavy atom. The van der Waals surface area contributed by atoms with Crippen LogP contribution in [0.5, 0.6) is 0 Å². The summed E-state index contributed by atoms with van der Waals surface area (Å²) in [7, 11) is 0. The molecule has 1 saturated heterocycles. The first-order valence-electron chi connectivity index (χ1n) is 7.79. The van der Waals surface area contributed by atoms with Crippen LogP contribution < -0.4 is 5.73 Å². The fourth-order valence-corrected chi connectivity index (χ4v) is 3.98. The van der Waals surface area contributed by atoms with Gasteiger partial charge in [-0.15, -0.1) is 0 Å². The Morgan fingerprint density at radius 2 is 1.94 bits per heavy atom. The number of hydrogen-bond acceptors (Lipinski definition) is 2. The third-order valence-corrected chi connectivity index (χ3v) is 4.88.